The molecule has 1 atom stereocenters. The van der Waals surface area contributed by atoms with Gasteiger partial charge in [0.25, 0.3) is 0 Å². The summed E-state index contributed by atoms with van der Waals surface area (Å²) in [7, 11) is 0. The number of rotatable bonds is 5. The standard InChI is InChI=1S/C15H22O2/c1-11(2)6-5-7-12(3)8-9-14-13(4)10-15(16)17-14/h6,8,10,14H,5,7,9H2,1-4H3/b12-8-. The minimum Gasteiger partial charge on any atom is -0.454 e. The first-order chi connectivity index (χ1) is 7.99. The largest absolute Gasteiger partial charge is 0.454 e. The first kappa shape index (κ1) is 13.8. The van der Waals surface area contributed by atoms with Crippen LogP contribution in [0.4, 0.5) is 0 Å². The van der Waals surface area contributed by atoms with Crippen LogP contribution in [-0.2, 0) is 9.53 Å². The highest BCUT2D eigenvalue weighted by atomic mass is 16.5. The van der Waals surface area contributed by atoms with Gasteiger partial charge in [-0.15, -0.1) is 0 Å². The fraction of sp³-hybridized carbons (Fsp3) is 0.533. The van der Waals surface area contributed by atoms with Gasteiger partial charge in [-0.05, 0) is 46.1 Å². The van der Waals surface area contributed by atoms with Crippen LogP contribution < -0.4 is 0 Å². The van der Waals surface area contributed by atoms with Crippen molar-refractivity contribution in [2.24, 2.45) is 0 Å². The van der Waals surface area contributed by atoms with E-state index < -0.39 is 0 Å². The van der Waals surface area contributed by atoms with E-state index in [1.165, 1.54) is 11.1 Å². The normalized spacial score (nSPS) is 20.0. The summed E-state index contributed by atoms with van der Waals surface area (Å²) < 4.78 is 5.18. The molecule has 0 aromatic rings. The average molecular weight is 234 g/mol. The van der Waals surface area contributed by atoms with Crippen molar-refractivity contribution < 1.29 is 9.53 Å². The fourth-order valence-corrected chi connectivity index (χ4v) is 1.78. The second-order valence-electron chi connectivity index (χ2n) is 4.92. The van der Waals surface area contributed by atoms with Crippen LogP contribution in [-0.4, -0.2) is 12.1 Å². The molecule has 0 radical (unpaired) electrons. The number of carbonyl (C=O) groups is 1. The molecule has 0 saturated heterocycles. The molecule has 1 rings (SSSR count). The molecule has 0 aliphatic carbocycles. The van der Waals surface area contributed by atoms with Crippen molar-refractivity contribution in [3.05, 3.63) is 34.9 Å². The van der Waals surface area contributed by atoms with Crippen molar-refractivity contribution in [1.29, 1.82) is 0 Å². The van der Waals surface area contributed by atoms with Gasteiger partial charge >= 0.3 is 5.97 Å². The van der Waals surface area contributed by atoms with Crippen molar-refractivity contribution >= 4 is 5.97 Å². The topological polar surface area (TPSA) is 26.3 Å². The maximum absolute atomic E-state index is 11.0. The maximum atomic E-state index is 11.0. The summed E-state index contributed by atoms with van der Waals surface area (Å²) in [5.41, 5.74) is 3.75. The van der Waals surface area contributed by atoms with E-state index in [1.807, 2.05) is 6.92 Å². The predicted octanol–water partition coefficient (Wildman–Crippen LogP) is 3.94. The summed E-state index contributed by atoms with van der Waals surface area (Å²) in [4.78, 5) is 11.0. The first-order valence-corrected chi connectivity index (χ1v) is 6.17. The highest BCUT2D eigenvalue weighted by Crippen LogP contribution is 2.19. The lowest BCUT2D eigenvalue weighted by Gasteiger charge is -2.09. The molecule has 1 unspecified atom stereocenters. The molecule has 2 nitrogen and oxygen atoms in total. The molecule has 0 N–H and O–H groups in total. The number of allylic oxidation sites excluding steroid dienone is 3. The third kappa shape index (κ3) is 5.03. The Balaban J connectivity index is 2.36. The van der Waals surface area contributed by atoms with Crippen molar-refractivity contribution in [3.63, 3.8) is 0 Å². The van der Waals surface area contributed by atoms with E-state index in [9.17, 15) is 4.79 Å². The molecule has 0 saturated carbocycles. The molecule has 0 spiro atoms. The Labute approximate surface area is 104 Å². The molecular formula is C15H22O2. The number of ether oxygens (including phenoxy) is 1. The van der Waals surface area contributed by atoms with Crippen molar-refractivity contribution in [3.8, 4) is 0 Å². The summed E-state index contributed by atoms with van der Waals surface area (Å²) in [6.45, 7) is 8.31. The molecule has 94 valence electrons. The predicted molar refractivity (Wildman–Crippen MR) is 70.7 cm³/mol. The lowest BCUT2D eigenvalue weighted by Crippen LogP contribution is -2.09. The Bertz CT molecular complexity index is 368. The van der Waals surface area contributed by atoms with Gasteiger partial charge in [-0.2, -0.15) is 0 Å². The second-order valence-corrected chi connectivity index (χ2v) is 4.92. The minimum absolute atomic E-state index is 0.0408. The molecular weight excluding hydrogens is 212 g/mol. The molecule has 0 amide bonds. The molecule has 0 aromatic carbocycles. The Hall–Kier alpha value is -1.31. The highest BCUT2D eigenvalue weighted by Gasteiger charge is 2.21. The molecule has 1 aliphatic heterocycles. The van der Waals surface area contributed by atoms with Crippen LogP contribution in [0.1, 0.15) is 47.0 Å². The van der Waals surface area contributed by atoms with Gasteiger partial charge in [0.05, 0.1) is 0 Å². The minimum atomic E-state index is -0.205. The van der Waals surface area contributed by atoms with Gasteiger partial charge in [0.15, 0.2) is 0 Å². The third-order valence-corrected chi connectivity index (χ3v) is 2.88. The van der Waals surface area contributed by atoms with E-state index in [-0.39, 0.29) is 12.1 Å². The van der Waals surface area contributed by atoms with E-state index in [1.54, 1.807) is 6.08 Å². The van der Waals surface area contributed by atoms with E-state index in [2.05, 4.69) is 32.9 Å². The molecule has 2 heteroatoms. The molecule has 17 heavy (non-hydrogen) atoms. The van der Waals surface area contributed by atoms with Gasteiger partial charge in [0.1, 0.15) is 6.10 Å². The summed E-state index contributed by atoms with van der Waals surface area (Å²) >= 11 is 0. The van der Waals surface area contributed by atoms with Crippen LogP contribution in [0.2, 0.25) is 0 Å². The Morgan fingerprint density at radius 2 is 2.06 bits per heavy atom. The van der Waals surface area contributed by atoms with Crippen LogP contribution in [0.3, 0.4) is 0 Å². The fourth-order valence-electron chi connectivity index (χ4n) is 1.78. The highest BCUT2D eigenvalue weighted by molar-refractivity contribution is 5.85. The second kappa shape index (κ2) is 6.43. The number of hydrogen-bond donors (Lipinski definition) is 0. The van der Waals surface area contributed by atoms with Crippen molar-refractivity contribution in [2.75, 3.05) is 0 Å². The number of carbonyl (C=O) groups excluding carboxylic acids is 1. The first-order valence-electron chi connectivity index (χ1n) is 6.17. The monoisotopic (exact) mass is 234 g/mol. The molecule has 1 heterocycles. The summed E-state index contributed by atoms with van der Waals surface area (Å²) in [6, 6.07) is 0. The van der Waals surface area contributed by atoms with E-state index >= 15 is 0 Å². The van der Waals surface area contributed by atoms with Gasteiger partial charge in [0.2, 0.25) is 0 Å². The smallest absolute Gasteiger partial charge is 0.331 e. The van der Waals surface area contributed by atoms with Crippen LogP contribution in [0, 0.1) is 0 Å². The van der Waals surface area contributed by atoms with E-state index in [0.717, 1.165) is 24.8 Å². The molecule has 0 fully saturated rings. The quantitative estimate of drug-likeness (QED) is 0.532. The van der Waals surface area contributed by atoms with Gasteiger partial charge in [-0.25, -0.2) is 4.79 Å². The van der Waals surface area contributed by atoms with E-state index in [4.69, 9.17) is 4.74 Å². The third-order valence-electron chi connectivity index (χ3n) is 2.88. The van der Waals surface area contributed by atoms with Crippen molar-refractivity contribution in [2.45, 2.75) is 53.1 Å². The van der Waals surface area contributed by atoms with Crippen LogP contribution >= 0.6 is 0 Å². The zero-order chi connectivity index (χ0) is 12.8. The summed E-state index contributed by atoms with van der Waals surface area (Å²) in [5, 5.41) is 0. The zero-order valence-electron chi connectivity index (χ0n) is 11.2. The Kier molecular flexibility index (Phi) is 5.20. The van der Waals surface area contributed by atoms with Gasteiger partial charge in [-0.3, -0.25) is 0 Å². The molecule has 0 aromatic heterocycles. The van der Waals surface area contributed by atoms with Crippen LogP contribution in [0.25, 0.3) is 0 Å². The summed E-state index contributed by atoms with van der Waals surface area (Å²) in [6.07, 6.45) is 8.93. The number of esters is 1. The SMILES string of the molecule is CC(C)=CCC/C(C)=C\CC1OC(=O)C=C1C. The lowest BCUT2D eigenvalue weighted by molar-refractivity contribution is -0.138. The number of cyclic esters (lactones) is 1. The van der Waals surface area contributed by atoms with Crippen LogP contribution in [0.15, 0.2) is 34.9 Å². The van der Waals surface area contributed by atoms with Gasteiger partial charge in [0, 0.05) is 12.5 Å². The Morgan fingerprint density at radius 1 is 1.35 bits per heavy atom. The molecule has 1 aliphatic rings. The van der Waals surface area contributed by atoms with Gasteiger partial charge < -0.3 is 4.74 Å². The Morgan fingerprint density at radius 3 is 2.59 bits per heavy atom. The van der Waals surface area contributed by atoms with Crippen LogP contribution in [0.5, 0.6) is 0 Å². The van der Waals surface area contributed by atoms with Gasteiger partial charge in [-0.1, -0.05) is 23.3 Å². The maximum Gasteiger partial charge on any atom is 0.331 e. The van der Waals surface area contributed by atoms with Crippen molar-refractivity contribution in [1.82, 2.24) is 0 Å². The lowest BCUT2D eigenvalue weighted by atomic mass is 10.1. The summed E-state index contributed by atoms with van der Waals surface area (Å²) in [5.74, 6) is -0.205. The zero-order valence-corrected chi connectivity index (χ0v) is 11.2. The average Bonchev–Trinajstić information content (AvgIpc) is 2.54. The van der Waals surface area contributed by atoms with E-state index in [0.29, 0.717) is 0 Å². The molecule has 0 bridgehead atoms. The number of hydrogen-bond acceptors (Lipinski definition) is 2.